The van der Waals surface area contributed by atoms with Crippen molar-refractivity contribution in [3.63, 3.8) is 0 Å². The molecule has 0 aliphatic heterocycles. The summed E-state index contributed by atoms with van der Waals surface area (Å²) in [6.45, 7) is 22.3. The van der Waals surface area contributed by atoms with Crippen LogP contribution < -0.4 is 4.74 Å². The van der Waals surface area contributed by atoms with Crippen molar-refractivity contribution in [3.05, 3.63) is 320 Å². The molecule has 12 rings (SSSR count). The molecule has 702 valence electrons. The minimum absolute atomic E-state index is 0.0108. The fourth-order valence-electron chi connectivity index (χ4n) is 15.5. The molecule has 0 saturated carbocycles. The average molecular weight is 1920 g/mol. The molecule has 12 aromatic carbocycles. The van der Waals surface area contributed by atoms with E-state index < -0.39 is 79.5 Å². The number of methoxy groups -OCH3 is 1. The number of sulfone groups is 1. The SMILES string of the molecule is CC(=O)C(CC(C)C)c1cc(-c2ccc(C(F)(F)F)cc2)cc(-c2cc(Cl)ccc2Cl)c1.CC(=O)C(CC(C)C)c1cc(-c2ccc(C(F)(F)F)cc2)cc(-c2ccc(Cl)c(C(F)(F)F)c2)c1.CC(=O)C(CC(C)C)c1cc(-c2ccc(C(F)(F)F)cc2)cc(-c2ccc(S(C)(=O)=O)cc2)c1.COc1ccc(-c2cc(-c3ccc(C(F)(F)F)cc3)cc(C(CC(C)C)C(C)=O)c2)cc1. The Morgan fingerprint density at radius 3 is 0.759 bits per heavy atom. The summed E-state index contributed by atoms with van der Waals surface area (Å²) in [5.41, 5.74) is 9.47. The molecule has 0 amide bonds. The first-order valence-corrected chi connectivity index (χ1v) is 45.6. The van der Waals surface area contributed by atoms with Crippen molar-refractivity contribution in [2.75, 3.05) is 13.4 Å². The van der Waals surface area contributed by atoms with Gasteiger partial charge in [-0.05, 0) is 310 Å². The number of rotatable bonds is 26. The maximum absolute atomic E-state index is 13.5. The van der Waals surface area contributed by atoms with Gasteiger partial charge >= 0.3 is 30.9 Å². The molecular weight excluding hydrogens is 1820 g/mol. The van der Waals surface area contributed by atoms with Gasteiger partial charge in [0.1, 0.15) is 28.9 Å². The van der Waals surface area contributed by atoms with Gasteiger partial charge in [0.25, 0.3) is 0 Å². The quantitative estimate of drug-likeness (QED) is 0.0496. The molecule has 26 heteroatoms. The van der Waals surface area contributed by atoms with Crippen molar-refractivity contribution in [3.8, 4) is 94.8 Å². The summed E-state index contributed by atoms with van der Waals surface area (Å²) in [6.07, 6.45) is -18.7. The van der Waals surface area contributed by atoms with E-state index in [0.29, 0.717) is 97.3 Å². The smallest absolute Gasteiger partial charge is 0.417 e. The topological polar surface area (TPSA) is 112 Å². The van der Waals surface area contributed by atoms with Crippen LogP contribution in [0.25, 0.3) is 89.0 Å². The van der Waals surface area contributed by atoms with Gasteiger partial charge in [0.2, 0.25) is 0 Å². The van der Waals surface area contributed by atoms with Crippen LogP contribution in [0, 0.1) is 23.7 Å². The Labute approximate surface area is 781 Å². The zero-order valence-corrected chi connectivity index (χ0v) is 78.3. The lowest BCUT2D eigenvalue weighted by atomic mass is 9.84. The summed E-state index contributed by atoms with van der Waals surface area (Å²) in [5, 5.41) is 0.561. The third-order valence-corrected chi connectivity index (χ3v) is 24.3. The maximum atomic E-state index is 13.5. The molecule has 0 heterocycles. The number of Topliss-reactive ketones (excluding diaryl/α,β-unsaturated/α-hetero) is 4. The maximum Gasteiger partial charge on any atom is 0.417 e. The second-order valence-electron chi connectivity index (χ2n) is 34.7. The van der Waals surface area contributed by atoms with E-state index in [0.717, 1.165) is 123 Å². The van der Waals surface area contributed by atoms with E-state index in [1.807, 2.05) is 120 Å². The number of halogens is 18. The number of ketones is 4. The molecule has 0 aromatic heterocycles. The summed E-state index contributed by atoms with van der Waals surface area (Å²) in [7, 11) is -1.75. The normalized spacial score (nSPS) is 13.0. The predicted octanol–water partition coefficient (Wildman–Crippen LogP) is 33.4. The Balaban J connectivity index is 0.000000199. The van der Waals surface area contributed by atoms with Gasteiger partial charge in [-0.2, -0.15) is 65.9 Å². The Bertz CT molecular complexity index is 6180. The highest BCUT2D eigenvalue weighted by atomic mass is 35.5. The van der Waals surface area contributed by atoms with Gasteiger partial charge in [0, 0.05) is 45.5 Å². The molecule has 4 atom stereocenters. The summed E-state index contributed by atoms with van der Waals surface area (Å²) < 4.78 is 225. The van der Waals surface area contributed by atoms with Gasteiger partial charge in [0.15, 0.2) is 9.84 Å². The zero-order valence-electron chi connectivity index (χ0n) is 75.3. The lowest BCUT2D eigenvalue weighted by Crippen LogP contribution is -2.12. The number of carbonyl (C=O) groups is 4. The average Bonchev–Trinajstić information content (AvgIpc) is 0.759. The molecule has 0 aliphatic carbocycles. The van der Waals surface area contributed by atoms with Crippen LogP contribution in [0.3, 0.4) is 0 Å². The lowest BCUT2D eigenvalue weighted by Gasteiger charge is -2.20. The first kappa shape index (κ1) is 106. The van der Waals surface area contributed by atoms with E-state index in [2.05, 4.69) is 13.8 Å². The fourth-order valence-corrected chi connectivity index (χ4v) is 16.7. The third-order valence-electron chi connectivity index (χ3n) is 22.3. The first-order chi connectivity index (χ1) is 61.9. The third kappa shape index (κ3) is 29.4. The minimum Gasteiger partial charge on any atom is -0.497 e. The highest BCUT2D eigenvalue weighted by Gasteiger charge is 2.37. The molecule has 0 aliphatic rings. The number of benzene rings is 12. The van der Waals surface area contributed by atoms with Gasteiger partial charge in [-0.3, -0.25) is 19.2 Å². The van der Waals surface area contributed by atoms with E-state index in [-0.39, 0.29) is 69.1 Å². The minimum atomic E-state index is -4.67. The Kier molecular flexibility index (Phi) is 35.2. The van der Waals surface area contributed by atoms with E-state index >= 15 is 0 Å². The van der Waals surface area contributed by atoms with Gasteiger partial charge in [-0.1, -0.05) is 218 Å². The molecule has 0 bridgehead atoms. The Morgan fingerprint density at radius 2 is 0.519 bits per heavy atom. The standard InChI is InChI=1S/C27H23ClF6O.C27H27F3O3S.C27H27F3O2.C26H23Cl2F3O/c1-15(2)10-23(16(3)35)21-12-19(17-4-7-22(8-5-17)26(29,30)31)11-20(13-21)18-6-9-25(28)24(14-18)27(32,33)34;1-17(2)13-26(18(3)31)23-15-21(19-5-9-24(10-6-19)27(28,29)30)14-22(16-23)20-7-11-25(12-8-20)34(4,32)33;1-17(2)13-26(18(3)31)23-15-21(19-5-9-24(10-6-19)27(28,29)30)14-22(16-23)20-7-11-25(32-4)12-8-20;1-15(2)10-23(16(3)32)19-11-18(17-4-6-21(7-5-17)26(29,30)31)12-20(13-19)24-14-22(27)8-9-25(24)28/h4-9,11-15,23H,10H2,1-3H3;5-12,14-17,26H,13H2,1-4H3;5-12,14-17,26H,13H2,1-4H3;4-9,11-15,23H,10H2,1-3H3. The highest BCUT2D eigenvalue weighted by Crippen LogP contribution is 2.46. The second kappa shape index (κ2) is 44.4. The number of hydrogen-bond acceptors (Lipinski definition) is 7. The molecule has 0 saturated heterocycles. The van der Waals surface area contributed by atoms with E-state index in [4.69, 9.17) is 39.5 Å². The number of carbonyl (C=O) groups excluding carboxylic acids is 4. The van der Waals surface area contributed by atoms with E-state index in [9.17, 15) is 93.5 Å². The Hall–Kier alpha value is -11.1. The molecule has 12 aromatic rings. The number of hydrogen-bond donors (Lipinski definition) is 0. The van der Waals surface area contributed by atoms with Crippen LogP contribution in [0.4, 0.5) is 65.9 Å². The highest BCUT2D eigenvalue weighted by molar-refractivity contribution is 7.90. The van der Waals surface area contributed by atoms with E-state index in [1.54, 1.807) is 76.4 Å². The molecule has 0 N–H and O–H groups in total. The van der Waals surface area contributed by atoms with Crippen LogP contribution in [0.1, 0.15) is 183 Å². The first-order valence-electron chi connectivity index (χ1n) is 42.6. The molecule has 133 heavy (non-hydrogen) atoms. The molecule has 0 fully saturated rings. The van der Waals surface area contributed by atoms with E-state index in [1.165, 1.54) is 73.7 Å². The largest absolute Gasteiger partial charge is 0.497 e. The molecule has 0 radical (unpaired) electrons. The van der Waals surface area contributed by atoms with Crippen molar-refractivity contribution in [2.24, 2.45) is 23.7 Å². The summed E-state index contributed by atoms with van der Waals surface area (Å²) in [4.78, 5) is 50.1. The fraction of sp³-hybridized carbons (Fsp3) is 0.290. The molecule has 4 unspecified atom stereocenters. The number of ether oxygens (including phenoxy) is 1. The van der Waals surface area contributed by atoms with Crippen molar-refractivity contribution >= 4 is 67.8 Å². The summed E-state index contributed by atoms with van der Waals surface area (Å²) in [5.74, 6) is 0.293. The van der Waals surface area contributed by atoms with Crippen molar-refractivity contribution < 1.29 is 98.2 Å². The van der Waals surface area contributed by atoms with Crippen LogP contribution in [-0.4, -0.2) is 44.9 Å². The van der Waals surface area contributed by atoms with Crippen LogP contribution in [-0.2, 0) is 59.9 Å². The lowest BCUT2D eigenvalue weighted by molar-refractivity contribution is -0.138. The second-order valence-corrected chi connectivity index (χ2v) is 38.0. The number of alkyl halides is 15. The van der Waals surface area contributed by atoms with Gasteiger partial charge in [-0.25, -0.2) is 8.42 Å². The molecule has 7 nitrogen and oxygen atoms in total. The zero-order chi connectivity index (χ0) is 98.5. The van der Waals surface area contributed by atoms with Crippen LogP contribution >= 0.6 is 34.8 Å². The van der Waals surface area contributed by atoms with Gasteiger partial charge in [0.05, 0.1) is 44.8 Å². The van der Waals surface area contributed by atoms with Crippen molar-refractivity contribution in [2.45, 2.75) is 168 Å². The van der Waals surface area contributed by atoms with Crippen molar-refractivity contribution in [1.29, 1.82) is 0 Å². The molecule has 0 spiro atoms. The van der Waals surface area contributed by atoms with Crippen LogP contribution in [0.2, 0.25) is 15.1 Å². The predicted molar refractivity (Wildman–Crippen MR) is 500 cm³/mol. The van der Waals surface area contributed by atoms with Crippen LogP contribution in [0.15, 0.2) is 260 Å². The summed E-state index contributed by atoms with van der Waals surface area (Å²) >= 11 is 18.4. The van der Waals surface area contributed by atoms with Crippen molar-refractivity contribution in [1.82, 2.24) is 0 Å². The van der Waals surface area contributed by atoms with Gasteiger partial charge in [-0.15, -0.1) is 0 Å². The van der Waals surface area contributed by atoms with Gasteiger partial charge < -0.3 is 4.74 Å². The molecular formula is C107H100Cl3F15O7S. The van der Waals surface area contributed by atoms with Crippen LogP contribution in [0.5, 0.6) is 5.75 Å². The monoisotopic (exact) mass is 1920 g/mol. The Morgan fingerprint density at radius 1 is 0.286 bits per heavy atom. The summed E-state index contributed by atoms with van der Waals surface area (Å²) in [6, 6.07) is 64.3.